The van der Waals surface area contributed by atoms with E-state index in [2.05, 4.69) is 0 Å². The second kappa shape index (κ2) is 5.75. The molecule has 112 valence electrons. The van der Waals surface area contributed by atoms with Crippen LogP contribution in [0.1, 0.15) is 16.8 Å². The van der Waals surface area contributed by atoms with Gasteiger partial charge >= 0.3 is 0 Å². The van der Waals surface area contributed by atoms with Crippen molar-refractivity contribution < 1.29 is 14.6 Å². The summed E-state index contributed by atoms with van der Waals surface area (Å²) in [7, 11) is 1.63. The molecule has 21 heavy (non-hydrogen) atoms. The van der Waals surface area contributed by atoms with Crippen LogP contribution in [0.3, 0.4) is 0 Å². The second-order valence-electron chi connectivity index (χ2n) is 5.71. The minimum atomic E-state index is -0.309. The van der Waals surface area contributed by atoms with Gasteiger partial charge in [-0.1, -0.05) is 18.2 Å². The molecular weight excluding hydrogens is 286 g/mol. The van der Waals surface area contributed by atoms with E-state index in [-0.39, 0.29) is 17.9 Å². The van der Waals surface area contributed by atoms with Crippen LogP contribution in [0.25, 0.3) is 10.1 Å². The molecule has 2 heterocycles. The lowest BCUT2D eigenvalue weighted by atomic mass is 9.89. The third-order valence-electron chi connectivity index (χ3n) is 4.22. The number of methoxy groups -OCH3 is 1. The summed E-state index contributed by atoms with van der Waals surface area (Å²) in [5, 5.41) is 12.6. The van der Waals surface area contributed by atoms with E-state index < -0.39 is 0 Å². The van der Waals surface area contributed by atoms with Crippen molar-refractivity contribution in [1.82, 2.24) is 4.90 Å². The van der Waals surface area contributed by atoms with Gasteiger partial charge in [-0.2, -0.15) is 0 Å². The number of benzene rings is 1. The van der Waals surface area contributed by atoms with Crippen LogP contribution in [0.15, 0.2) is 29.6 Å². The smallest absolute Gasteiger partial charge is 0.255 e. The number of likely N-dealkylation sites (tertiary alicyclic amines) is 1. The van der Waals surface area contributed by atoms with Crippen molar-refractivity contribution in [2.24, 2.45) is 5.41 Å². The Morgan fingerprint density at radius 2 is 2.29 bits per heavy atom. The van der Waals surface area contributed by atoms with Crippen LogP contribution < -0.4 is 0 Å². The number of carbonyl (C=O) groups is 1. The largest absolute Gasteiger partial charge is 0.396 e. The van der Waals surface area contributed by atoms with Crippen LogP contribution in [-0.4, -0.2) is 49.3 Å². The molecule has 1 aliphatic rings. The third-order valence-corrected chi connectivity index (χ3v) is 5.19. The Hall–Kier alpha value is -1.43. The number of aliphatic hydroxyl groups excluding tert-OH is 1. The predicted molar refractivity (Wildman–Crippen MR) is 83.7 cm³/mol. The summed E-state index contributed by atoms with van der Waals surface area (Å²) in [6.07, 6.45) is 0.783. The Bertz CT molecular complexity index is 654. The fraction of sp³-hybridized carbons (Fsp3) is 0.438. The molecule has 4 nitrogen and oxygen atoms in total. The van der Waals surface area contributed by atoms with E-state index in [9.17, 15) is 9.90 Å². The summed E-state index contributed by atoms with van der Waals surface area (Å²) in [6.45, 7) is 1.76. The maximum atomic E-state index is 12.7. The van der Waals surface area contributed by atoms with Crippen LogP contribution in [0.5, 0.6) is 0 Å². The van der Waals surface area contributed by atoms with Gasteiger partial charge in [-0.3, -0.25) is 4.79 Å². The lowest BCUT2D eigenvalue weighted by Gasteiger charge is -2.26. The quantitative estimate of drug-likeness (QED) is 0.943. The fourth-order valence-electron chi connectivity index (χ4n) is 3.02. The summed E-state index contributed by atoms with van der Waals surface area (Å²) in [4.78, 5) is 14.6. The van der Waals surface area contributed by atoms with Gasteiger partial charge in [0, 0.05) is 41.1 Å². The van der Waals surface area contributed by atoms with E-state index in [0.29, 0.717) is 19.7 Å². The molecule has 1 N–H and O–H groups in total. The Balaban J connectivity index is 1.83. The first-order chi connectivity index (χ1) is 10.2. The van der Waals surface area contributed by atoms with Crippen LogP contribution >= 0.6 is 11.3 Å². The van der Waals surface area contributed by atoms with Crippen LogP contribution in [0.4, 0.5) is 0 Å². The summed E-state index contributed by atoms with van der Waals surface area (Å²) >= 11 is 1.60. The van der Waals surface area contributed by atoms with Crippen molar-refractivity contribution >= 4 is 27.3 Å². The number of nitrogens with zero attached hydrogens (tertiary/aromatic N) is 1. The molecule has 0 bridgehead atoms. The molecule has 0 radical (unpaired) electrons. The molecule has 3 rings (SSSR count). The summed E-state index contributed by atoms with van der Waals surface area (Å²) in [6, 6.07) is 7.96. The van der Waals surface area contributed by atoms with Gasteiger partial charge < -0.3 is 14.7 Å². The second-order valence-corrected chi connectivity index (χ2v) is 6.62. The lowest BCUT2D eigenvalue weighted by molar-refractivity contribution is 0.0343. The minimum absolute atomic E-state index is 0.0506. The van der Waals surface area contributed by atoms with Gasteiger partial charge in [-0.25, -0.2) is 0 Å². The minimum Gasteiger partial charge on any atom is -0.396 e. The van der Waals surface area contributed by atoms with Crippen molar-refractivity contribution in [1.29, 1.82) is 0 Å². The fourth-order valence-corrected chi connectivity index (χ4v) is 3.96. The molecule has 1 atom stereocenters. The molecule has 1 aromatic heterocycles. The van der Waals surface area contributed by atoms with Crippen molar-refractivity contribution in [3.63, 3.8) is 0 Å². The normalized spacial score (nSPS) is 22.1. The van der Waals surface area contributed by atoms with Gasteiger partial charge in [0.15, 0.2) is 0 Å². The average molecular weight is 305 g/mol. The highest BCUT2D eigenvalue weighted by Gasteiger charge is 2.40. The number of thiophene rings is 1. The van der Waals surface area contributed by atoms with Crippen LogP contribution in [-0.2, 0) is 4.74 Å². The molecule has 1 aliphatic heterocycles. The zero-order valence-corrected chi connectivity index (χ0v) is 12.9. The van der Waals surface area contributed by atoms with Crippen molar-refractivity contribution in [3.05, 3.63) is 35.2 Å². The zero-order valence-electron chi connectivity index (χ0n) is 12.0. The summed E-state index contributed by atoms with van der Waals surface area (Å²) in [5.41, 5.74) is 0.456. The maximum Gasteiger partial charge on any atom is 0.255 e. The number of ether oxygens (including phenoxy) is 1. The molecule has 1 amide bonds. The number of rotatable bonds is 4. The Labute approximate surface area is 127 Å². The van der Waals surface area contributed by atoms with Gasteiger partial charge in [0.25, 0.3) is 5.91 Å². The number of carbonyl (C=O) groups excluding carboxylic acids is 1. The average Bonchev–Trinajstić information content (AvgIpc) is 3.12. The number of fused-ring (bicyclic) bond motifs is 1. The molecule has 0 aliphatic carbocycles. The third kappa shape index (κ3) is 2.57. The predicted octanol–water partition coefficient (Wildman–Crippen LogP) is 2.37. The Morgan fingerprint density at radius 3 is 3.05 bits per heavy atom. The van der Waals surface area contributed by atoms with Crippen LogP contribution in [0, 0.1) is 5.41 Å². The van der Waals surface area contributed by atoms with E-state index in [4.69, 9.17) is 4.74 Å². The SMILES string of the molecule is COC[C@]1(CO)CCN(C(=O)c2csc3ccccc23)C1. The molecule has 1 saturated heterocycles. The Morgan fingerprint density at radius 1 is 1.48 bits per heavy atom. The molecule has 5 heteroatoms. The molecule has 0 spiro atoms. The number of aliphatic hydroxyl groups is 1. The molecule has 1 fully saturated rings. The number of amides is 1. The topological polar surface area (TPSA) is 49.8 Å². The highest BCUT2D eigenvalue weighted by atomic mass is 32.1. The van der Waals surface area contributed by atoms with Crippen molar-refractivity contribution in [2.75, 3.05) is 33.4 Å². The van der Waals surface area contributed by atoms with E-state index in [0.717, 1.165) is 22.1 Å². The standard InChI is InChI=1S/C16H19NO3S/c1-20-11-16(10-18)6-7-17(9-16)15(19)13-8-21-14-5-3-2-4-12(13)14/h2-5,8,18H,6-7,9-11H2,1H3/t16-/m1/s1. The molecule has 1 aromatic carbocycles. The molecule has 0 saturated carbocycles. The summed E-state index contributed by atoms with van der Waals surface area (Å²) in [5.74, 6) is 0.0545. The van der Waals surface area contributed by atoms with Crippen molar-refractivity contribution in [3.8, 4) is 0 Å². The first-order valence-corrected chi connectivity index (χ1v) is 7.92. The number of hydrogen-bond donors (Lipinski definition) is 1. The first-order valence-electron chi connectivity index (χ1n) is 7.04. The van der Waals surface area contributed by atoms with E-state index in [1.54, 1.807) is 18.4 Å². The van der Waals surface area contributed by atoms with Gasteiger partial charge in [0.2, 0.25) is 0 Å². The highest BCUT2D eigenvalue weighted by molar-refractivity contribution is 7.17. The first kappa shape index (κ1) is 14.5. The molecule has 2 aromatic rings. The van der Waals surface area contributed by atoms with Gasteiger partial charge in [-0.15, -0.1) is 11.3 Å². The monoisotopic (exact) mass is 305 g/mol. The zero-order chi connectivity index (χ0) is 14.9. The highest BCUT2D eigenvalue weighted by Crippen LogP contribution is 2.33. The van der Waals surface area contributed by atoms with Crippen molar-refractivity contribution in [2.45, 2.75) is 6.42 Å². The van der Waals surface area contributed by atoms with Crippen LogP contribution in [0.2, 0.25) is 0 Å². The lowest BCUT2D eigenvalue weighted by Crippen LogP contribution is -2.36. The van der Waals surface area contributed by atoms with Gasteiger partial charge in [-0.05, 0) is 12.5 Å². The Kier molecular flexibility index (Phi) is 3.97. The number of hydrogen-bond acceptors (Lipinski definition) is 4. The van der Waals surface area contributed by atoms with E-state index >= 15 is 0 Å². The van der Waals surface area contributed by atoms with Gasteiger partial charge in [0.05, 0.1) is 18.8 Å². The molecular formula is C16H19NO3S. The maximum absolute atomic E-state index is 12.7. The summed E-state index contributed by atoms with van der Waals surface area (Å²) < 4.78 is 6.34. The van der Waals surface area contributed by atoms with Gasteiger partial charge in [0.1, 0.15) is 0 Å². The van der Waals surface area contributed by atoms with E-state index in [1.807, 2.05) is 34.5 Å². The molecule has 0 unspecified atom stereocenters. The van der Waals surface area contributed by atoms with E-state index in [1.165, 1.54) is 0 Å².